The summed E-state index contributed by atoms with van der Waals surface area (Å²) in [5.74, 6) is 5.43. The molecular weight excluding hydrogens is 254 g/mol. The van der Waals surface area contributed by atoms with Gasteiger partial charge < -0.3 is 0 Å². The van der Waals surface area contributed by atoms with E-state index in [-0.39, 0.29) is 17.4 Å². The highest BCUT2D eigenvalue weighted by molar-refractivity contribution is 7.89. The summed E-state index contributed by atoms with van der Waals surface area (Å²) in [5.41, 5.74) is 0. The largest absolute Gasteiger partial charge is 0.340 e. The van der Waals surface area contributed by atoms with Gasteiger partial charge in [-0.05, 0) is 18.9 Å². The van der Waals surface area contributed by atoms with E-state index in [2.05, 4.69) is 0 Å². The van der Waals surface area contributed by atoms with Crippen LogP contribution in [0.25, 0.3) is 0 Å². The van der Waals surface area contributed by atoms with Crippen LogP contribution in [-0.2, 0) is 14.8 Å². The molecule has 0 spiro atoms. The summed E-state index contributed by atoms with van der Waals surface area (Å²) in [5, 5.41) is -0.0142. The summed E-state index contributed by atoms with van der Waals surface area (Å²) in [6.45, 7) is 0.219. The second kappa shape index (κ2) is 5.03. The number of Topliss-reactive ketones (excluding diaryl/α,β-unsaturated/α-hetero) is 1. The number of hydrogen-bond donors (Lipinski definition) is 1. The van der Waals surface area contributed by atoms with E-state index in [1.165, 1.54) is 23.0 Å². The minimum absolute atomic E-state index is 0.0142. The summed E-state index contributed by atoms with van der Waals surface area (Å²) in [6, 6.07) is 4.66. The summed E-state index contributed by atoms with van der Waals surface area (Å²) in [7, 11) is -3.72. The highest BCUT2D eigenvalue weighted by atomic mass is 32.2. The lowest BCUT2D eigenvalue weighted by Crippen LogP contribution is -2.51. The molecule has 97 valence electrons. The van der Waals surface area contributed by atoms with Gasteiger partial charge in [-0.1, -0.05) is 4.68 Å². The second-order valence-corrected chi connectivity index (χ2v) is 5.98. The van der Waals surface area contributed by atoms with E-state index < -0.39 is 10.0 Å². The Bertz CT molecular complexity index is 556. The number of nitrogen functional groups attached to an aromatic ring is 1. The quantitative estimate of drug-likeness (QED) is 0.565. The summed E-state index contributed by atoms with van der Waals surface area (Å²) in [4.78, 5) is 11.5. The molecular formula is C11H15N3O3S+. The molecule has 0 bridgehead atoms. The van der Waals surface area contributed by atoms with Crippen molar-refractivity contribution >= 4 is 15.8 Å². The molecule has 6 nitrogen and oxygen atoms in total. The third kappa shape index (κ3) is 2.51. The van der Waals surface area contributed by atoms with Gasteiger partial charge in [-0.3, -0.25) is 4.79 Å². The first-order chi connectivity index (χ1) is 8.51. The van der Waals surface area contributed by atoms with Crippen LogP contribution in [0.3, 0.4) is 0 Å². The van der Waals surface area contributed by atoms with Crippen LogP contribution in [0.5, 0.6) is 0 Å². The maximum absolute atomic E-state index is 12.4. The lowest BCUT2D eigenvalue weighted by atomic mass is 10.2. The van der Waals surface area contributed by atoms with Crippen molar-refractivity contribution in [2.24, 2.45) is 0 Å². The Labute approximate surface area is 106 Å². The lowest BCUT2D eigenvalue weighted by Gasteiger charge is -2.16. The molecule has 1 aromatic rings. The average Bonchev–Trinajstić information content (AvgIpc) is 2.54. The molecule has 2 rings (SSSR count). The molecule has 0 atom stereocenters. The molecule has 1 aliphatic rings. The normalized spacial score (nSPS) is 18.6. The van der Waals surface area contributed by atoms with Crippen molar-refractivity contribution in [3.05, 3.63) is 30.8 Å². The zero-order valence-corrected chi connectivity index (χ0v) is 10.6. The van der Waals surface area contributed by atoms with E-state index in [0.29, 0.717) is 19.4 Å². The fourth-order valence-corrected chi connectivity index (χ4v) is 3.35. The number of nitrogens with zero attached hydrogens (tertiary/aromatic N) is 2. The van der Waals surface area contributed by atoms with Gasteiger partial charge in [0.1, 0.15) is 0 Å². The van der Waals surface area contributed by atoms with Gasteiger partial charge in [0.05, 0.1) is 6.54 Å². The topological polar surface area (TPSA) is 84.3 Å². The molecule has 2 N–H and O–H groups in total. The Morgan fingerprint density at radius 1 is 1.33 bits per heavy atom. The van der Waals surface area contributed by atoms with Crippen LogP contribution in [0, 0.1) is 6.42 Å². The molecule has 18 heavy (non-hydrogen) atoms. The van der Waals surface area contributed by atoms with Crippen molar-refractivity contribution in [2.45, 2.75) is 17.9 Å². The van der Waals surface area contributed by atoms with Crippen LogP contribution in [0.15, 0.2) is 29.4 Å². The van der Waals surface area contributed by atoms with Gasteiger partial charge in [0, 0.05) is 25.1 Å². The molecule has 0 saturated carbocycles. The van der Waals surface area contributed by atoms with Gasteiger partial charge in [0.25, 0.3) is 0 Å². The standard InChI is InChI=1S/C11H15N3O3S/c12-14-8-4-2-6-11(14)18(16,17)13-7-3-1-5-10(15)9-13/h2,4-6,8H,1,3,7,9,12H2/q+1. The van der Waals surface area contributed by atoms with Crippen LogP contribution in [0.4, 0.5) is 0 Å². The lowest BCUT2D eigenvalue weighted by molar-refractivity contribution is -0.678. The Morgan fingerprint density at radius 3 is 2.83 bits per heavy atom. The maximum atomic E-state index is 12.4. The van der Waals surface area contributed by atoms with Crippen LogP contribution in [-0.4, -0.2) is 31.6 Å². The molecule has 7 heteroatoms. The van der Waals surface area contributed by atoms with Crippen molar-refractivity contribution in [1.82, 2.24) is 4.31 Å². The highest BCUT2D eigenvalue weighted by Crippen LogP contribution is 2.15. The predicted molar refractivity (Wildman–Crippen MR) is 64.1 cm³/mol. The number of carbonyl (C=O) groups excluding carboxylic acids is 1. The van der Waals surface area contributed by atoms with Crippen LogP contribution >= 0.6 is 0 Å². The minimum atomic E-state index is -3.72. The Balaban J connectivity index is 2.36. The van der Waals surface area contributed by atoms with E-state index in [4.69, 9.17) is 5.84 Å². The Kier molecular flexibility index (Phi) is 3.63. The fourth-order valence-electron chi connectivity index (χ4n) is 1.84. The Hall–Kier alpha value is -1.47. The average molecular weight is 269 g/mol. The number of rotatable bonds is 2. The van der Waals surface area contributed by atoms with Gasteiger partial charge in [-0.2, -0.15) is 4.31 Å². The van der Waals surface area contributed by atoms with Gasteiger partial charge in [0.2, 0.25) is 6.20 Å². The molecule has 1 aromatic heterocycles. The van der Waals surface area contributed by atoms with E-state index in [1.54, 1.807) is 12.1 Å². The van der Waals surface area contributed by atoms with Crippen molar-refractivity contribution in [1.29, 1.82) is 0 Å². The number of sulfonamides is 1. The van der Waals surface area contributed by atoms with E-state index in [9.17, 15) is 13.2 Å². The van der Waals surface area contributed by atoms with Gasteiger partial charge >= 0.3 is 15.0 Å². The summed E-state index contributed by atoms with van der Waals surface area (Å²) < 4.78 is 27.0. The zero-order valence-electron chi connectivity index (χ0n) is 9.82. The van der Waals surface area contributed by atoms with Crippen LogP contribution < -0.4 is 10.5 Å². The van der Waals surface area contributed by atoms with Crippen LogP contribution in [0.2, 0.25) is 0 Å². The molecule has 1 saturated heterocycles. The fraction of sp³-hybridized carbons (Fsp3) is 0.364. The van der Waals surface area contributed by atoms with Gasteiger partial charge in [0.15, 0.2) is 5.78 Å². The molecule has 1 aliphatic heterocycles. The van der Waals surface area contributed by atoms with Crippen LogP contribution in [0.1, 0.15) is 12.8 Å². The molecule has 0 unspecified atom stereocenters. The number of ketones is 1. The zero-order chi connectivity index (χ0) is 13.2. The SMILES string of the molecule is N[n+]1ccccc1S(=O)(=O)N1CCC[CH]C(=O)C1. The van der Waals surface area contributed by atoms with Crippen molar-refractivity contribution in [3.8, 4) is 0 Å². The first-order valence-corrected chi connectivity index (χ1v) is 7.08. The first kappa shape index (κ1) is 13.0. The molecule has 0 aliphatic carbocycles. The minimum Gasteiger partial charge on any atom is -0.298 e. The number of carbonyl (C=O) groups is 1. The first-order valence-electron chi connectivity index (χ1n) is 5.64. The predicted octanol–water partition coefficient (Wildman–Crippen LogP) is -0.754. The Morgan fingerprint density at radius 2 is 2.11 bits per heavy atom. The van der Waals surface area contributed by atoms with E-state index in [1.807, 2.05) is 0 Å². The van der Waals surface area contributed by atoms with Gasteiger partial charge in [-0.15, -0.1) is 0 Å². The molecule has 0 aromatic carbocycles. The number of hydrogen-bond acceptors (Lipinski definition) is 4. The van der Waals surface area contributed by atoms with Crippen molar-refractivity contribution in [2.75, 3.05) is 18.9 Å². The van der Waals surface area contributed by atoms with Gasteiger partial charge in [-0.25, -0.2) is 14.3 Å². The molecule has 0 amide bonds. The summed E-state index contributed by atoms with van der Waals surface area (Å²) in [6.07, 6.45) is 4.25. The van der Waals surface area contributed by atoms with E-state index >= 15 is 0 Å². The van der Waals surface area contributed by atoms with Crippen molar-refractivity contribution < 1.29 is 17.9 Å². The monoisotopic (exact) mass is 269 g/mol. The van der Waals surface area contributed by atoms with Crippen molar-refractivity contribution in [3.63, 3.8) is 0 Å². The smallest absolute Gasteiger partial charge is 0.298 e. The molecule has 1 radical (unpaired) electrons. The number of nitrogens with two attached hydrogens (primary N) is 1. The second-order valence-electron chi connectivity index (χ2n) is 4.10. The van der Waals surface area contributed by atoms with E-state index in [0.717, 1.165) is 4.68 Å². The third-order valence-corrected chi connectivity index (χ3v) is 4.64. The highest BCUT2D eigenvalue weighted by Gasteiger charge is 2.34. The maximum Gasteiger partial charge on any atom is 0.340 e. The molecule has 2 heterocycles. The third-order valence-electron chi connectivity index (χ3n) is 2.77. The summed E-state index contributed by atoms with van der Waals surface area (Å²) >= 11 is 0. The number of aromatic nitrogens is 1. The number of pyridine rings is 1. The molecule has 1 fully saturated rings.